The molecule has 6 nitrogen and oxygen atoms in total. The van der Waals surface area contributed by atoms with Gasteiger partial charge in [0.1, 0.15) is 0 Å². The summed E-state index contributed by atoms with van der Waals surface area (Å²) in [6.07, 6.45) is 5.46. The maximum absolute atomic E-state index is 11.7. The largest absolute Gasteiger partial charge is 0.483 e. The molecule has 0 spiro atoms. The van der Waals surface area contributed by atoms with Crippen LogP contribution in [0.1, 0.15) is 33.1 Å². The Morgan fingerprint density at radius 1 is 1.43 bits per heavy atom. The molecule has 0 aromatic carbocycles. The van der Waals surface area contributed by atoms with E-state index in [4.69, 9.17) is 21.5 Å². The van der Waals surface area contributed by atoms with Crippen LogP contribution in [-0.2, 0) is 4.79 Å². The number of carbonyl (C=O) groups is 2. The van der Waals surface area contributed by atoms with Crippen LogP contribution in [-0.4, -0.2) is 46.8 Å². The summed E-state index contributed by atoms with van der Waals surface area (Å²) in [5.74, 6) is 0. The lowest BCUT2D eigenvalue weighted by Crippen LogP contribution is -2.38. The molecule has 1 aliphatic heterocycles. The van der Waals surface area contributed by atoms with Gasteiger partial charge in [0, 0.05) is 23.8 Å². The average molecular weight is 319 g/mol. The topological polar surface area (TPSA) is 89.9 Å². The summed E-state index contributed by atoms with van der Waals surface area (Å²) >= 11 is 5.83. The van der Waals surface area contributed by atoms with Crippen LogP contribution in [0.3, 0.4) is 0 Å². The number of β-amino-alcohol motifs (C(OH)–C–C–N with tert-alkyl or cyclic N) is 1. The minimum absolute atomic E-state index is 0.130. The second kappa shape index (κ2) is 11.2. The summed E-state index contributed by atoms with van der Waals surface area (Å²) in [5.41, 5.74) is 0.885. The molecule has 1 atom stereocenters. The van der Waals surface area contributed by atoms with E-state index in [2.05, 4.69) is 5.32 Å². The number of aliphatic hydroxyl groups excluding tert-OH is 1. The third-order valence-electron chi connectivity index (χ3n) is 2.82. The van der Waals surface area contributed by atoms with Gasteiger partial charge in [-0.2, -0.15) is 0 Å². The second-order valence-electron chi connectivity index (χ2n) is 4.23. The van der Waals surface area contributed by atoms with Gasteiger partial charge in [-0.15, -0.1) is 0 Å². The van der Waals surface area contributed by atoms with Gasteiger partial charge in [-0.3, -0.25) is 4.79 Å². The minimum atomic E-state index is -0.375. The number of amides is 2. The van der Waals surface area contributed by atoms with Crippen LogP contribution in [0, 0.1) is 0 Å². The zero-order chi connectivity index (χ0) is 16.3. The summed E-state index contributed by atoms with van der Waals surface area (Å²) < 4.78 is 0. The highest BCUT2D eigenvalue weighted by atomic mass is 35.5. The molecule has 0 aromatic heterocycles. The first kappa shape index (κ1) is 19.5. The third kappa shape index (κ3) is 7.72. The van der Waals surface area contributed by atoms with Crippen LogP contribution < -0.4 is 5.32 Å². The number of nitrogens with zero attached hydrogens (tertiary/aromatic N) is 1. The number of nitrogens with one attached hydrogen (secondary N) is 1. The Kier molecular flexibility index (Phi) is 10.4. The Morgan fingerprint density at radius 3 is 2.48 bits per heavy atom. The number of rotatable bonds is 1. The van der Waals surface area contributed by atoms with E-state index >= 15 is 0 Å². The van der Waals surface area contributed by atoms with E-state index in [0.717, 1.165) is 23.6 Å². The van der Waals surface area contributed by atoms with E-state index in [1.165, 1.54) is 0 Å². The van der Waals surface area contributed by atoms with Gasteiger partial charge in [0.2, 0.25) is 0 Å². The number of hydrogen-bond acceptors (Lipinski definition) is 3. The summed E-state index contributed by atoms with van der Waals surface area (Å²) in [6, 6.07) is -0.130. The molecule has 2 rings (SSSR count). The predicted octanol–water partition coefficient (Wildman–Crippen LogP) is 2.29. The Morgan fingerprint density at radius 2 is 2.05 bits per heavy atom. The molecule has 0 aromatic rings. The van der Waals surface area contributed by atoms with Gasteiger partial charge >= 0.3 is 6.03 Å². The van der Waals surface area contributed by atoms with Crippen molar-refractivity contribution in [1.82, 2.24) is 10.2 Å². The summed E-state index contributed by atoms with van der Waals surface area (Å²) in [6.45, 7) is 4.80. The lowest BCUT2D eigenvalue weighted by molar-refractivity contribution is -0.122. The highest BCUT2D eigenvalue weighted by molar-refractivity contribution is 6.29. The minimum Gasteiger partial charge on any atom is -0.483 e. The van der Waals surface area contributed by atoms with Gasteiger partial charge in [0.25, 0.3) is 6.47 Å². The van der Waals surface area contributed by atoms with Gasteiger partial charge < -0.3 is 20.4 Å². The number of carbonyl (C=O) groups excluding carboxylic acids is 1. The zero-order valence-electron chi connectivity index (χ0n) is 12.4. The van der Waals surface area contributed by atoms with Crippen molar-refractivity contribution in [2.45, 2.75) is 39.2 Å². The molecule has 120 valence electrons. The molecular weight excluding hydrogens is 296 g/mol. The Labute approximate surface area is 130 Å². The third-order valence-corrected chi connectivity index (χ3v) is 3.13. The van der Waals surface area contributed by atoms with Crippen LogP contribution in [0.2, 0.25) is 0 Å². The summed E-state index contributed by atoms with van der Waals surface area (Å²) in [7, 11) is 0. The molecule has 1 fully saturated rings. The fourth-order valence-corrected chi connectivity index (χ4v) is 2.02. The molecule has 1 unspecified atom stereocenters. The molecular formula is C14H23ClN2O4. The Balaban J connectivity index is 0.000000713. The Bertz CT molecular complexity index is 396. The standard InChI is InChI=1S/C11H15ClN2O2.C2H6.CH2O2/c12-8-1-3-9(4-2-8)13-11(16)14-6-5-10(15)7-14;1-2;2-1-3/h1,3,10,15H,2,4-7H2,(H,13,16);1-2H3;1H,(H,2,3). The van der Waals surface area contributed by atoms with Crippen LogP contribution in [0.4, 0.5) is 4.79 Å². The number of aliphatic hydroxyl groups is 1. The summed E-state index contributed by atoms with van der Waals surface area (Å²) in [5, 5.41) is 19.9. The lowest BCUT2D eigenvalue weighted by Gasteiger charge is -2.19. The van der Waals surface area contributed by atoms with E-state index in [0.29, 0.717) is 19.5 Å². The molecule has 2 amide bonds. The van der Waals surface area contributed by atoms with Crippen molar-refractivity contribution in [3.05, 3.63) is 22.9 Å². The smallest absolute Gasteiger partial charge is 0.321 e. The molecule has 1 heterocycles. The first-order valence-corrected chi connectivity index (χ1v) is 7.31. The Hall–Kier alpha value is -1.53. The van der Waals surface area contributed by atoms with Crippen molar-refractivity contribution in [3.8, 4) is 0 Å². The van der Waals surface area contributed by atoms with E-state index in [1.54, 1.807) is 11.0 Å². The van der Waals surface area contributed by atoms with Gasteiger partial charge in [0.05, 0.1) is 6.10 Å². The van der Waals surface area contributed by atoms with Crippen LogP contribution in [0.5, 0.6) is 0 Å². The van der Waals surface area contributed by atoms with Gasteiger partial charge in [-0.05, 0) is 31.4 Å². The number of likely N-dealkylation sites (tertiary alicyclic amines) is 1. The van der Waals surface area contributed by atoms with E-state index in [1.807, 2.05) is 19.9 Å². The van der Waals surface area contributed by atoms with Crippen molar-refractivity contribution in [1.29, 1.82) is 0 Å². The molecule has 0 radical (unpaired) electrons. The molecule has 1 aliphatic carbocycles. The molecule has 1 saturated heterocycles. The zero-order valence-corrected chi connectivity index (χ0v) is 13.1. The maximum Gasteiger partial charge on any atom is 0.321 e. The molecule has 0 saturated carbocycles. The summed E-state index contributed by atoms with van der Waals surface area (Å²) in [4.78, 5) is 21.7. The number of hydrogen-bond donors (Lipinski definition) is 3. The number of halogens is 1. The van der Waals surface area contributed by atoms with E-state index < -0.39 is 0 Å². The number of urea groups is 1. The van der Waals surface area contributed by atoms with E-state index in [9.17, 15) is 9.90 Å². The monoisotopic (exact) mass is 318 g/mol. The highest BCUT2D eigenvalue weighted by Crippen LogP contribution is 2.19. The quantitative estimate of drug-likeness (QED) is 0.647. The molecule has 21 heavy (non-hydrogen) atoms. The normalized spacial score (nSPS) is 20.0. The van der Waals surface area contributed by atoms with Crippen molar-refractivity contribution in [3.63, 3.8) is 0 Å². The lowest BCUT2D eigenvalue weighted by atomic mass is 10.1. The van der Waals surface area contributed by atoms with Gasteiger partial charge in [-0.25, -0.2) is 4.79 Å². The molecule has 2 aliphatic rings. The van der Waals surface area contributed by atoms with Crippen LogP contribution >= 0.6 is 11.6 Å². The van der Waals surface area contributed by atoms with Crippen molar-refractivity contribution in [2.75, 3.05) is 13.1 Å². The van der Waals surface area contributed by atoms with Crippen molar-refractivity contribution < 1.29 is 19.8 Å². The average Bonchev–Trinajstić information content (AvgIpc) is 2.91. The first-order chi connectivity index (χ1) is 10.1. The number of carboxylic acid groups (broad SMARTS) is 1. The van der Waals surface area contributed by atoms with Gasteiger partial charge in [0.15, 0.2) is 0 Å². The molecule has 3 N–H and O–H groups in total. The molecule has 0 bridgehead atoms. The number of allylic oxidation sites excluding steroid dienone is 4. The first-order valence-electron chi connectivity index (χ1n) is 6.94. The maximum atomic E-state index is 11.7. The molecule has 7 heteroatoms. The highest BCUT2D eigenvalue weighted by Gasteiger charge is 2.24. The van der Waals surface area contributed by atoms with Crippen LogP contribution in [0.15, 0.2) is 22.9 Å². The van der Waals surface area contributed by atoms with Crippen molar-refractivity contribution in [2.24, 2.45) is 0 Å². The van der Waals surface area contributed by atoms with Crippen molar-refractivity contribution >= 4 is 24.1 Å². The fourth-order valence-electron chi connectivity index (χ4n) is 1.86. The SMILES string of the molecule is CC.O=C(NC1=CC=C(Cl)CC1)N1CCC(O)C1.O=CO. The van der Waals surface area contributed by atoms with E-state index in [-0.39, 0.29) is 18.6 Å². The fraction of sp³-hybridized carbons (Fsp3) is 0.571. The predicted molar refractivity (Wildman–Crippen MR) is 82.0 cm³/mol. The van der Waals surface area contributed by atoms with Crippen LogP contribution in [0.25, 0.3) is 0 Å². The second-order valence-corrected chi connectivity index (χ2v) is 4.71. The van der Waals surface area contributed by atoms with Gasteiger partial charge in [-0.1, -0.05) is 25.4 Å².